The SMILES string of the molecule is Cn1cccc1/C=C/c1ccc(Cl)cc1Cl. The molecule has 1 heterocycles. The zero-order valence-corrected chi connectivity index (χ0v) is 10.3. The zero-order chi connectivity index (χ0) is 11.5. The van der Waals surface area contributed by atoms with Crippen LogP contribution in [0.5, 0.6) is 0 Å². The summed E-state index contributed by atoms with van der Waals surface area (Å²) in [5.41, 5.74) is 2.10. The minimum absolute atomic E-state index is 0.654. The molecule has 1 nitrogen and oxygen atoms in total. The van der Waals surface area contributed by atoms with Gasteiger partial charge in [0.1, 0.15) is 0 Å². The van der Waals surface area contributed by atoms with Crippen LogP contribution in [0.3, 0.4) is 0 Å². The Labute approximate surface area is 105 Å². The van der Waals surface area contributed by atoms with Crippen LogP contribution in [0.15, 0.2) is 36.5 Å². The summed E-state index contributed by atoms with van der Waals surface area (Å²) in [5, 5.41) is 1.32. The number of aryl methyl sites for hydroxylation is 1. The molecule has 1 aromatic carbocycles. The molecule has 2 rings (SSSR count). The first-order valence-electron chi connectivity index (χ1n) is 4.91. The van der Waals surface area contributed by atoms with Gasteiger partial charge in [0.25, 0.3) is 0 Å². The smallest absolute Gasteiger partial charge is 0.0493 e. The van der Waals surface area contributed by atoms with E-state index in [2.05, 4.69) is 0 Å². The average molecular weight is 252 g/mol. The van der Waals surface area contributed by atoms with E-state index in [4.69, 9.17) is 23.2 Å². The van der Waals surface area contributed by atoms with E-state index in [-0.39, 0.29) is 0 Å². The van der Waals surface area contributed by atoms with Crippen molar-refractivity contribution in [3.8, 4) is 0 Å². The Morgan fingerprint density at radius 3 is 2.56 bits per heavy atom. The van der Waals surface area contributed by atoms with Crippen LogP contribution in [0.2, 0.25) is 10.0 Å². The molecule has 0 N–H and O–H groups in total. The van der Waals surface area contributed by atoms with Gasteiger partial charge in [0.15, 0.2) is 0 Å². The van der Waals surface area contributed by atoms with Gasteiger partial charge < -0.3 is 4.57 Å². The third-order valence-electron chi connectivity index (χ3n) is 2.38. The van der Waals surface area contributed by atoms with Crippen LogP contribution in [0, 0.1) is 0 Å². The number of benzene rings is 1. The van der Waals surface area contributed by atoms with Crippen LogP contribution >= 0.6 is 23.2 Å². The Bertz CT molecular complexity index is 526. The van der Waals surface area contributed by atoms with Gasteiger partial charge in [-0.25, -0.2) is 0 Å². The van der Waals surface area contributed by atoms with Crippen molar-refractivity contribution in [2.24, 2.45) is 7.05 Å². The molecule has 0 aliphatic heterocycles. The molecular weight excluding hydrogens is 241 g/mol. The van der Waals surface area contributed by atoms with Gasteiger partial charge in [-0.3, -0.25) is 0 Å². The van der Waals surface area contributed by atoms with Crippen LogP contribution in [-0.2, 0) is 7.05 Å². The average Bonchev–Trinajstić information content (AvgIpc) is 2.63. The second kappa shape index (κ2) is 4.77. The fourth-order valence-electron chi connectivity index (χ4n) is 1.46. The standard InChI is InChI=1S/C13H11Cl2N/c1-16-8-2-3-12(16)7-5-10-4-6-11(14)9-13(10)15/h2-9H,1H3/b7-5+. The first-order chi connectivity index (χ1) is 7.66. The van der Waals surface area contributed by atoms with Crippen molar-refractivity contribution in [2.75, 3.05) is 0 Å². The minimum atomic E-state index is 0.654. The van der Waals surface area contributed by atoms with E-state index in [1.54, 1.807) is 6.07 Å². The van der Waals surface area contributed by atoms with Gasteiger partial charge in [0.05, 0.1) is 0 Å². The molecule has 1 aromatic heterocycles. The molecule has 16 heavy (non-hydrogen) atoms. The Balaban J connectivity index is 2.27. The van der Waals surface area contributed by atoms with Crippen molar-refractivity contribution >= 4 is 35.4 Å². The van der Waals surface area contributed by atoms with Crippen molar-refractivity contribution < 1.29 is 0 Å². The largest absolute Gasteiger partial charge is 0.351 e. The van der Waals surface area contributed by atoms with Crippen molar-refractivity contribution in [1.29, 1.82) is 0 Å². The van der Waals surface area contributed by atoms with E-state index in [0.29, 0.717) is 10.0 Å². The van der Waals surface area contributed by atoms with Gasteiger partial charge in [-0.2, -0.15) is 0 Å². The number of halogens is 2. The number of nitrogens with zero attached hydrogens (tertiary/aromatic N) is 1. The van der Waals surface area contributed by atoms with Crippen LogP contribution in [0.1, 0.15) is 11.3 Å². The Hall–Kier alpha value is -1.18. The van der Waals surface area contributed by atoms with E-state index in [0.717, 1.165) is 11.3 Å². The Morgan fingerprint density at radius 2 is 1.94 bits per heavy atom. The van der Waals surface area contributed by atoms with E-state index in [1.807, 2.05) is 54.2 Å². The number of aromatic nitrogens is 1. The topological polar surface area (TPSA) is 4.93 Å². The zero-order valence-electron chi connectivity index (χ0n) is 8.82. The summed E-state index contributed by atoms with van der Waals surface area (Å²) < 4.78 is 2.04. The summed E-state index contributed by atoms with van der Waals surface area (Å²) in [6, 6.07) is 9.53. The molecule has 0 aliphatic carbocycles. The van der Waals surface area contributed by atoms with E-state index in [9.17, 15) is 0 Å². The lowest BCUT2D eigenvalue weighted by molar-refractivity contribution is 0.915. The molecule has 0 spiro atoms. The lowest BCUT2D eigenvalue weighted by Crippen LogP contribution is -1.86. The highest BCUT2D eigenvalue weighted by Crippen LogP contribution is 2.22. The summed E-state index contributed by atoms with van der Waals surface area (Å²) in [6.07, 6.45) is 6.01. The molecule has 0 aliphatic rings. The highest BCUT2D eigenvalue weighted by atomic mass is 35.5. The summed E-state index contributed by atoms with van der Waals surface area (Å²) >= 11 is 11.9. The van der Waals surface area contributed by atoms with E-state index in [1.165, 1.54) is 0 Å². The summed E-state index contributed by atoms with van der Waals surface area (Å²) in [7, 11) is 2.00. The van der Waals surface area contributed by atoms with Gasteiger partial charge in [-0.1, -0.05) is 35.3 Å². The van der Waals surface area contributed by atoms with Crippen LogP contribution < -0.4 is 0 Å². The van der Waals surface area contributed by atoms with Crippen LogP contribution in [-0.4, -0.2) is 4.57 Å². The second-order valence-electron chi connectivity index (χ2n) is 3.54. The number of rotatable bonds is 2. The quantitative estimate of drug-likeness (QED) is 0.741. The van der Waals surface area contributed by atoms with Crippen molar-refractivity contribution in [3.05, 3.63) is 57.8 Å². The molecule has 0 amide bonds. The molecule has 2 aromatic rings. The van der Waals surface area contributed by atoms with Crippen molar-refractivity contribution in [2.45, 2.75) is 0 Å². The highest BCUT2D eigenvalue weighted by molar-refractivity contribution is 6.35. The molecule has 0 saturated heterocycles. The minimum Gasteiger partial charge on any atom is -0.351 e. The molecule has 0 radical (unpaired) electrons. The summed E-state index contributed by atoms with van der Waals surface area (Å²) in [6.45, 7) is 0. The molecule has 3 heteroatoms. The predicted molar refractivity (Wildman–Crippen MR) is 70.8 cm³/mol. The molecule has 82 valence electrons. The van der Waals surface area contributed by atoms with Gasteiger partial charge in [-0.05, 0) is 35.9 Å². The second-order valence-corrected chi connectivity index (χ2v) is 4.39. The van der Waals surface area contributed by atoms with Crippen LogP contribution in [0.4, 0.5) is 0 Å². The fraction of sp³-hybridized carbons (Fsp3) is 0.0769. The highest BCUT2D eigenvalue weighted by Gasteiger charge is 1.97. The number of hydrogen-bond acceptors (Lipinski definition) is 0. The first-order valence-corrected chi connectivity index (χ1v) is 5.67. The van der Waals surface area contributed by atoms with Gasteiger partial charge in [0.2, 0.25) is 0 Å². The monoisotopic (exact) mass is 251 g/mol. The predicted octanol–water partition coefficient (Wildman–Crippen LogP) is 4.50. The molecule has 0 unspecified atom stereocenters. The first kappa shape index (κ1) is 11.3. The van der Waals surface area contributed by atoms with Gasteiger partial charge in [0, 0.05) is 29.0 Å². The third-order valence-corrected chi connectivity index (χ3v) is 2.94. The fourth-order valence-corrected chi connectivity index (χ4v) is 1.93. The maximum Gasteiger partial charge on any atom is 0.0493 e. The molecule has 0 fully saturated rings. The third kappa shape index (κ3) is 2.49. The maximum atomic E-state index is 6.07. The normalized spacial score (nSPS) is 11.2. The van der Waals surface area contributed by atoms with E-state index < -0.39 is 0 Å². The van der Waals surface area contributed by atoms with Crippen molar-refractivity contribution in [1.82, 2.24) is 4.57 Å². The lowest BCUT2D eigenvalue weighted by Gasteiger charge is -1.99. The Kier molecular flexibility index (Phi) is 3.37. The van der Waals surface area contributed by atoms with Gasteiger partial charge >= 0.3 is 0 Å². The lowest BCUT2D eigenvalue weighted by atomic mass is 10.2. The number of hydrogen-bond donors (Lipinski definition) is 0. The summed E-state index contributed by atoms with van der Waals surface area (Å²) in [5.74, 6) is 0. The molecule has 0 bridgehead atoms. The van der Waals surface area contributed by atoms with E-state index >= 15 is 0 Å². The van der Waals surface area contributed by atoms with Crippen LogP contribution in [0.25, 0.3) is 12.2 Å². The molecular formula is C13H11Cl2N. The molecule has 0 atom stereocenters. The van der Waals surface area contributed by atoms with Gasteiger partial charge in [-0.15, -0.1) is 0 Å². The maximum absolute atomic E-state index is 6.07. The Morgan fingerprint density at radius 1 is 1.12 bits per heavy atom. The summed E-state index contributed by atoms with van der Waals surface area (Å²) in [4.78, 5) is 0. The molecule has 0 saturated carbocycles. The van der Waals surface area contributed by atoms with Crippen molar-refractivity contribution in [3.63, 3.8) is 0 Å².